The van der Waals surface area contributed by atoms with Gasteiger partial charge in [0, 0.05) is 23.4 Å². The minimum Gasteiger partial charge on any atom is -0.337 e. The molecule has 9 heteroatoms. The van der Waals surface area contributed by atoms with Gasteiger partial charge in [0.25, 0.3) is 5.69 Å². The molecule has 5 aromatic rings. The molecule has 1 atom stereocenters. The van der Waals surface area contributed by atoms with Gasteiger partial charge in [0.15, 0.2) is 17.5 Å². The highest BCUT2D eigenvalue weighted by atomic mass is 16.6. The normalized spacial score (nSPS) is 15.3. The van der Waals surface area contributed by atoms with Crippen LogP contribution in [-0.2, 0) is 0 Å². The standard InChI is InChI=1S/C32H25N7O2/c1-20-15-17-23(18-16-20)33-30-32-35-31-28(21(2)36-38(31)24-10-4-3-5-11-24)29(22-9-8-12-25(19-22)39(40)41)37(32)27-14-7-6-13-26(27)34-30/h3-19,29H,1-2H3,(H,33,34)/t29-/m1/s1. The summed E-state index contributed by atoms with van der Waals surface area (Å²) < 4.78 is 1.84. The SMILES string of the molecule is Cc1ccc(NC2=Nc3ccccc3N3C2=Nc2c(c(C)nn2-c2ccccc2)[C@H]3c2cccc([N+](=O)[O-])c2)cc1. The Labute approximate surface area is 236 Å². The number of amidine groups is 2. The van der Waals surface area contributed by atoms with Gasteiger partial charge in [-0.2, -0.15) is 5.10 Å². The van der Waals surface area contributed by atoms with E-state index in [1.165, 1.54) is 6.07 Å². The number of aliphatic imine (C=N–C) groups is 2. The monoisotopic (exact) mass is 539 g/mol. The van der Waals surface area contributed by atoms with Crippen LogP contribution in [0.5, 0.6) is 0 Å². The molecule has 0 radical (unpaired) electrons. The van der Waals surface area contributed by atoms with E-state index in [0.29, 0.717) is 17.5 Å². The molecule has 4 aromatic carbocycles. The molecule has 0 saturated heterocycles. The molecule has 3 heterocycles. The first-order valence-electron chi connectivity index (χ1n) is 13.3. The number of para-hydroxylation sites is 3. The summed E-state index contributed by atoms with van der Waals surface area (Å²) in [6.07, 6.45) is 0. The average molecular weight is 540 g/mol. The summed E-state index contributed by atoms with van der Waals surface area (Å²) in [4.78, 5) is 23.8. The number of anilines is 2. The van der Waals surface area contributed by atoms with Gasteiger partial charge in [0.05, 0.1) is 33.7 Å². The number of hydrogen-bond donors (Lipinski definition) is 1. The number of nitrogens with one attached hydrogen (secondary N) is 1. The molecule has 0 aliphatic carbocycles. The van der Waals surface area contributed by atoms with Gasteiger partial charge < -0.3 is 10.2 Å². The lowest BCUT2D eigenvalue weighted by Gasteiger charge is -2.40. The van der Waals surface area contributed by atoms with Crippen molar-refractivity contribution in [1.29, 1.82) is 0 Å². The Morgan fingerprint density at radius 2 is 1.61 bits per heavy atom. The van der Waals surface area contributed by atoms with Crippen LogP contribution < -0.4 is 10.2 Å². The number of nitro groups is 1. The predicted molar refractivity (Wildman–Crippen MR) is 161 cm³/mol. The first kappa shape index (κ1) is 24.5. The molecule has 1 N–H and O–H groups in total. The van der Waals surface area contributed by atoms with Gasteiger partial charge in [-0.1, -0.05) is 60.2 Å². The van der Waals surface area contributed by atoms with Crippen molar-refractivity contribution in [2.24, 2.45) is 9.98 Å². The van der Waals surface area contributed by atoms with Crippen molar-refractivity contribution in [2.75, 3.05) is 10.2 Å². The fourth-order valence-corrected chi connectivity index (χ4v) is 5.44. The Morgan fingerprint density at radius 3 is 2.39 bits per heavy atom. The maximum atomic E-state index is 11.8. The van der Waals surface area contributed by atoms with Gasteiger partial charge in [0.1, 0.15) is 0 Å². The third-order valence-corrected chi connectivity index (χ3v) is 7.35. The Hall–Kier alpha value is -5.57. The molecule has 2 aliphatic rings. The highest BCUT2D eigenvalue weighted by molar-refractivity contribution is 6.51. The van der Waals surface area contributed by atoms with Gasteiger partial charge in [-0.15, -0.1) is 0 Å². The van der Waals surface area contributed by atoms with E-state index in [1.807, 2.05) is 103 Å². The molecule has 7 rings (SSSR count). The lowest BCUT2D eigenvalue weighted by atomic mass is 9.93. The Bertz CT molecular complexity index is 1870. The third kappa shape index (κ3) is 4.15. The number of nitrogens with zero attached hydrogens (tertiary/aromatic N) is 6. The van der Waals surface area contributed by atoms with Crippen molar-refractivity contribution in [3.63, 3.8) is 0 Å². The lowest BCUT2D eigenvalue weighted by Crippen LogP contribution is -2.46. The van der Waals surface area contributed by atoms with Crippen LogP contribution in [0.25, 0.3) is 5.69 Å². The van der Waals surface area contributed by atoms with Gasteiger partial charge in [-0.05, 0) is 55.8 Å². The predicted octanol–water partition coefficient (Wildman–Crippen LogP) is 7.19. The number of non-ortho nitro benzene ring substituents is 1. The number of nitro benzene ring substituents is 1. The molecule has 9 nitrogen and oxygen atoms in total. The van der Waals surface area contributed by atoms with E-state index in [2.05, 4.69) is 10.2 Å². The Kier molecular flexibility index (Phi) is 5.71. The molecule has 2 aliphatic heterocycles. The molecule has 0 saturated carbocycles. The van der Waals surface area contributed by atoms with Crippen LogP contribution in [0.1, 0.15) is 28.4 Å². The molecule has 1 aromatic heterocycles. The third-order valence-electron chi connectivity index (χ3n) is 7.35. The molecular weight excluding hydrogens is 514 g/mol. The van der Waals surface area contributed by atoms with Crippen molar-refractivity contribution < 1.29 is 4.92 Å². The number of aryl methyl sites for hydroxylation is 2. The summed E-state index contributed by atoms with van der Waals surface area (Å²) in [6.45, 7) is 4.00. The molecule has 200 valence electrons. The Morgan fingerprint density at radius 1 is 0.854 bits per heavy atom. The minimum absolute atomic E-state index is 0.0261. The van der Waals surface area contributed by atoms with E-state index < -0.39 is 6.04 Å². The van der Waals surface area contributed by atoms with Gasteiger partial charge in [-0.3, -0.25) is 10.1 Å². The van der Waals surface area contributed by atoms with Crippen LogP contribution in [-0.4, -0.2) is 26.4 Å². The minimum atomic E-state index is -0.443. The molecule has 41 heavy (non-hydrogen) atoms. The number of rotatable bonds is 4. The van der Waals surface area contributed by atoms with E-state index >= 15 is 0 Å². The zero-order chi connectivity index (χ0) is 28.1. The van der Waals surface area contributed by atoms with Crippen LogP contribution in [0.2, 0.25) is 0 Å². The number of hydrogen-bond acceptors (Lipinski definition) is 7. The van der Waals surface area contributed by atoms with Crippen LogP contribution in [0.15, 0.2) is 113 Å². The fourth-order valence-electron chi connectivity index (χ4n) is 5.44. The maximum Gasteiger partial charge on any atom is 0.269 e. The van der Waals surface area contributed by atoms with E-state index in [0.717, 1.165) is 45.1 Å². The Balaban J connectivity index is 1.50. The second kappa shape index (κ2) is 9.56. The molecular formula is C32H25N7O2. The second-order valence-electron chi connectivity index (χ2n) is 10.1. The first-order valence-corrected chi connectivity index (χ1v) is 13.3. The van der Waals surface area contributed by atoms with Crippen molar-refractivity contribution in [2.45, 2.75) is 19.9 Å². The van der Waals surface area contributed by atoms with E-state index in [4.69, 9.17) is 15.1 Å². The van der Waals surface area contributed by atoms with Crippen LogP contribution in [0, 0.1) is 24.0 Å². The first-order chi connectivity index (χ1) is 20.0. The quantitative estimate of drug-likeness (QED) is 0.192. The largest absolute Gasteiger partial charge is 0.337 e. The van der Waals surface area contributed by atoms with E-state index in [1.54, 1.807) is 12.1 Å². The van der Waals surface area contributed by atoms with E-state index in [9.17, 15) is 10.1 Å². The number of aromatic nitrogens is 2. The number of fused-ring (bicyclic) bond motifs is 4. The zero-order valence-electron chi connectivity index (χ0n) is 22.4. The molecule has 0 amide bonds. The van der Waals surface area contributed by atoms with Crippen molar-refractivity contribution in [1.82, 2.24) is 9.78 Å². The van der Waals surface area contributed by atoms with Crippen molar-refractivity contribution >= 4 is 40.2 Å². The molecule has 0 bridgehead atoms. The smallest absolute Gasteiger partial charge is 0.269 e. The summed E-state index contributed by atoms with van der Waals surface area (Å²) in [5.41, 5.74) is 6.98. The van der Waals surface area contributed by atoms with Crippen LogP contribution in [0.3, 0.4) is 0 Å². The summed E-state index contributed by atoms with van der Waals surface area (Å²) in [6, 6.07) is 32.2. The van der Waals surface area contributed by atoms with Gasteiger partial charge >= 0.3 is 0 Å². The van der Waals surface area contributed by atoms with Gasteiger partial charge in [-0.25, -0.2) is 14.7 Å². The van der Waals surface area contributed by atoms with Gasteiger partial charge in [0.2, 0.25) is 0 Å². The lowest BCUT2D eigenvalue weighted by molar-refractivity contribution is -0.384. The average Bonchev–Trinajstić information content (AvgIpc) is 3.33. The molecule has 0 spiro atoms. The van der Waals surface area contributed by atoms with Crippen LogP contribution in [0.4, 0.5) is 28.6 Å². The topological polar surface area (TPSA) is 101 Å². The summed E-state index contributed by atoms with van der Waals surface area (Å²) in [5.74, 6) is 1.84. The van der Waals surface area contributed by atoms with Crippen molar-refractivity contribution in [3.8, 4) is 5.69 Å². The highest BCUT2D eigenvalue weighted by Crippen LogP contribution is 2.48. The molecule has 0 fully saturated rings. The van der Waals surface area contributed by atoms with Crippen LogP contribution >= 0.6 is 0 Å². The maximum absolute atomic E-state index is 11.8. The summed E-state index contributed by atoms with van der Waals surface area (Å²) in [7, 11) is 0. The zero-order valence-corrected chi connectivity index (χ0v) is 22.4. The number of benzene rings is 4. The van der Waals surface area contributed by atoms with E-state index in [-0.39, 0.29) is 10.6 Å². The van der Waals surface area contributed by atoms with Crippen molar-refractivity contribution in [3.05, 3.63) is 136 Å². The fraction of sp³-hybridized carbons (Fsp3) is 0.0938. The molecule has 0 unspecified atom stereocenters. The highest BCUT2D eigenvalue weighted by Gasteiger charge is 2.41. The second-order valence-corrected chi connectivity index (χ2v) is 10.1. The summed E-state index contributed by atoms with van der Waals surface area (Å²) in [5, 5.41) is 20.2. The summed E-state index contributed by atoms with van der Waals surface area (Å²) >= 11 is 0.